The normalized spacial score (nSPS) is 15.4. The van der Waals surface area contributed by atoms with Crippen LogP contribution in [0.3, 0.4) is 0 Å². The molecule has 1 fully saturated rings. The molecular weight excluding hydrogens is 266 g/mol. The number of amides is 1. The van der Waals surface area contributed by atoms with Crippen molar-refractivity contribution in [3.8, 4) is 5.75 Å². The quantitative estimate of drug-likeness (QED) is 0.456. The summed E-state index contributed by atoms with van der Waals surface area (Å²) in [5.41, 5.74) is 2.63. The van der Waals surface area contributed by atoms with E-state index in [0.717, 1.165) is 19.0 Å². The van der Waals surface area contributed by atoms with Crippen molar-refractivity contribution in [2.75, 3.05) is 26.7 Å². The van der Waals surface area contributed by atoms with E-state index in [1.54, 1.807) is 18.2 Å². The smallest absolute Gasteiger partial charge is 0.265 e. The van der Waals surface area contributed by atoms with Crippen molar-refractivity contribution in [2.24, 2.45) is 11.8 Å². The van der Waals surface area contributed by atoms with Gasteiger partial charge in [-0.05, 0) is 44.0 Å². The first-order chi connectivity index (χ1) is 10.2. The molecule has 0 aliphatic heterocycles. The minimum absolute atomic E-state index is 0.307. The summed E-state index contributed by atoms with van der Waals surface area (Å²) in [6.07, 6.45) is 5.49. The first kappa shape index (κ1) is 15.8. The molecule has 0 spiro atoms. The number of hydrogen-bond acceptors (Lipinski definition) is 4. The number of hydrazine groups is 1. The predicted octanol–water partition coefficient (Wildman–Crippen LogP) is 1.79. The highest BCUT2D eigenvalue weighted by atomic mass is 16.5. The Balaban J connectivity index is 1.73. The van der Waals surface area contributed by atoms with Gasteiger partial charge in [0.05, 0.1) is 0 Å². The van der Waals surface area contributed by atoms with E-state index in [1.807, 2.05) is 6.07 Å². The molecule has 0 saturated heterocycles. The summed E-state index contributed by atoms with van der Waals surface area (Å²) < 4.78 is 5.71. The van der Waals surface area contributed by atoms with Crippen LogP contribution >= 0.6 is 0 Å². The van der Waals surface area contributed by atoms with Gasteiger partial charge in [0.2, 0.25) is 0 Å². The Morgan fingerprint density at radius 2 is 2.19 bits per heavy atom. The van der Waals surface area contributed by atoms with E-state index in [1.165, 1.54) is 25.7 Å². The number of likely N-dealkylation sites (N-methyl/N-ethyl adjacent to an activating group) is 1. The fourth-order valence-corrected chi connectivity index (χ4v) is 2.85. The average Bonchev–Trinajstić information content (AvgIpc) is 2.99. The van der Waals surface area contributed by atoms with Crippen LogP contribution in [0, 0.1) is 5.92 Å². The number of rotatable bonds is 7. The Hall–Kier alpha value is -1.59. The van der Waals surface area contributed by atoms with Crippen molar-refractivity contribution in [3.63, 3.8) is 0 Å². The summed E-state index contributed by atoms with van der Waals surface area (Å²) >= 11 is 0. The van der Waals surface area contributed by atoms with Crippen LogP contribution in [0.2, 0.25) is 0 Å². The third-order valence-electron chi connectivity index (χ3n) is 4.01. The van der Waals surface area contributed by atoms with Crippen molar-refractivity contribution >= 4 is 5.91 Å². The maximum absolute atomic E-state index is 11.4. The number of hydrogen-bond donors (Lipinski definition) is 2. The number of nitrogens with one attached hydrogen (secondary N) is 1. The van der Waals surface area contributed by atoms with Gasteiger partial charge in [-0.1, -0.05) is 18.9 Å². The van der Waals surface area contributed by atoms with E-state index < -0.39 is 0 Å². The molecule has 0 heterocycles. The molecule has 0 radical (unpaired) electrons. The molecule has 1 aliphatic carbocycles. The lowest BCUT2D eigenvalue weighted by atomic mass is 10.1. The molecule has 0 aromatic heterocycles. The minimum atomic E-state index is -0.307. The molecule has 21 heavy (non-hydrogen) atoms. The van der Waals surface area contributed by atoms with Gasteiger partial charge in [-0.25, -0.2) is 5.84 Å². The molecule has 2 rings (SSSR count). The molecule has 1 aromatic carbocycles. The fraction of sp³-hybridized carbons (Fsp3) is 0.562. The van der Waals surface area contributed by atoms with Crippen molar-refractivity contribution < 1.29 is 9.53 Å². The van der Waals surface area contributed by atoms with Crippen LogP contribution in [-0.4, -0.2) is 37.6 Å². The molecule has 5 heteroatoms. The molecule has 1 amide bonds. The van der Waals surface area contributed by atoms with Crippen molar-refractivity contribution in [1.29, 1.82) is 0 Å². The molecule has 0 atom stereocenters. The van der Waals surface area contributed by atoms with Gasteiger partial charge < -0.3 is 9.64 Å². The lowest BCUT2D eigenvalue weighted by Gasteiger charge is -2.20. The molecule has 1 saturated carbocycles. The minimum Gasteiger partial charge on any atom is -0.492 e. The molecular formula is C16H25N3O2. The van der Waals surface area contributed by atoms with E-state index in [0.29, 0.717) is 17.9 Å². The zero-order chi connectivity index (χ0) is 15.1. The van der Waals surface area contributed by atoms with Crippen molar-refractivity contribution in [3.05, 3.63) is 29.8 Å². The molecule has 1 aromatic rings. The summed E-state index contributed by atoms with van der Waals surface area (Å²) in [5.74, 6) is 6.37. The summed E-state index contributed by atoms with van der Waals surface area (Å²) in [6, 6.07) is 7.06. The lowest BCUT2D eigenvalue weighted by Crippen LogP contribution is -2.30. The maximum Gasteiger partial charge on any atom is 0.265 e. The van der Waals surface area contributed by atoms with Gasteiger partial charge in [0.25, 0.3) is 5.91 Å². The Bertz CT molecular complexity index is 459. The maximum atomic E-state index is 11.4. The second-order valence-corrected chi connectivity index (χ2v) is 5.76. The third kappa shape index (κ3) is 5.02. The highest BCUT2D eigenvalue weighted by Crippen LogP contribution is 2.25. The molecule has 3 N–H and O–H groups in total. The second kappa shape index (κ2) is 8.00. The SMILES string of the molecule is CN(CCOc1cccc(C(=O)NN)c1)CC1CCCC1. The zero-order valence-electron chi connectivity index (χ0n) is 12.7. The summed E-state index contributed by atoms with van der Waals surface area (Å²) in [6.45, 7) is 2.67. The highest BCUT2D eigenvalue weighted by Gasteiger charge is 2.16. The summed E-state index contributed by atoms with van der Waals surface area (Å²) in [4.78, 5) is 13.8. The van der Waals surface area contributed by atoms with E-state index in [2.05, 4.69) is 17.4 Å². The molecule has 1 aliphatic rings. The van der Waals surface area contributed by atoms with Crippen LogP contribution in [0.15, 0.2) is 24.3 Å². The number of benzene rings is 1. The number of nitrogens with zero attached hydrogens (tertiary/aromatic N) is 1. The number of nitrogen functional groups attached to an aromatic ring is 1. The number of carbonyl (C=O) groups excluding carboxylic acids is 1. The Morgan fingerprint density at radius 3 is 2.90 bits per heavy atom. The Kier molecular flexibility index (Phi) is 6.02. The van der Waals surface area contributed by atoms with Crippen LogP contribution in [0.5, 0.6) is 5.75 Å². The van der Waals surface area contributed by atoms with Crippen molar-refractivity contribution in [2.45, 2.75) is 25.7 Å². The monoisotopic (exact) mass is 291 g/mol. The van der Waals surface area contributed by atoms with Crippen LogP contribution in [0.1, 0.15) is 36.0 Å². The number of ether oxygens (including phenoxy) is 1. The molecule has 0 unspecified atom stereocenters. The van der Waals surface area contributed by atoms with Gasteiger partial charge in [0.15, 0.2) is 0 Å². The topological polar surface area (TPSA) is 67.6 Å². The van der Waals surface area contributed by atoms with Crippen LogP contribution in [-0.2, 0) is 0 Å². The fourth-order valence-electron chi connectivity index (χ4n) is 2.85. The highest BCUT2D eigenvalue weighted by molar-refractivity contribution is 5.94. The molecule has 0 bridgehead atoms. The first-order valence-electron chi connectivity index (χ1n) is 7.61. The Labute approximate surface area is 126 Å². The largest absolute Gasteiger partial charge is 0.492 e. The predicted molar refractivity (Wildman–Crippen MR) is 83.0 cm³/mol. The summed E-state index contributed by atoms with van der Waals surface area (Å²) in [7, 11) is 2.14. The van der Waals surface area contributed by atoms with Gasteiger partial charge in [-0.2, -0.15) is 0 Å². The van der Waals surface area contributed by atoms with Crippen molar-refractivity contribution in [1.82, 2.24) is 10.3 Å². The molecule has 116 valence electrons. The van der Waals surface area contributed by atoms with Gasteiger partial charge in [-0.15, -0.1) is 0 Å². The van der Waals surface area contributed by atoms with E-state index in [4.69, 9.17) is 10.6 Å². The van der Waals surface area contributed by atoms with Crippen LogP contribution < -0.4 is 16.0 Å². The number of nitrogens with two attached hydrogens (primary N) is 1. The van der Waals surface area contributed by atoms with Crippen LogP contribution in [0.4, 0.5) is 0 Å². The third-order valence-corrected chi connectivity index (χ3v) is 4.01. The van der Waals surface area contributed by atoms with Gasteiger partial charge in [0, 0.05) is 18.7 Å². The van der Waals surface area contributed by atoms with Gasteiger partial charge in [0.1, 0.15) is 12.4 Å². The van der Waals surface area contributed by atoms with Gasteiger partial charge in [-0.3, -0.25) is 10.2 Å². The van der Waals surface area contributed by atoms with E-state index in [-0.39, 0.29) is 5.91 Å². The Morgan fingerprint density at radius 1 is 1.43 bits per heavy atom. The van der Waals surface area contributed by atoms with Crippen LogP contribution in [0.25, 0.3) is 0 Å². The standard InChI is InChI=1S/C16H25N3O2/c1-19(12-13-5-2-3-6-13)9-10-21-15-8-4-7-14(11-15)16(20)18-17/h4,7-8,11,13H,2-3,5-6,9-10,12,17H2,1H3,(H,18,20). The first-order valence-corrected chi connectivity index (χ1v) is 7.61. The van der Waals surface area contributed by atoms with Gasteiger partial charge >= 0.3 is 0 Å². The average molecular weight is 291 g/mol. The number of carbonyl (C=O) groups is 1. The lowest BCUT2D eigenvalue weighted by molar-refractivity contribution is 0.0953. The van der Waals surface area contributed by atoms with E-state index >= 15 is 0 Å². The summed E-state index contributed by atoms with van der Waals surface area (Å²) in [5, 5.41) is 0. The van der Waals surface area contributed by atoms with E-state index in [9.17, 15) is 4.79 Å². The second-order valence-electron chi connectivity index (χ2n) is 5.76. The zero-order valence-corrected chi connectivity index (χ0v) is 12.7. The molecule has 5 nitrogen and oxygen atoms in total.